The Kier molecular flexibility index (Phi) is 5.73. The maximum Gasteiger partial charge on any atom is 0.338 e. The van der Waals surface area contributed by atoms with Gasteiger partial charge in [0, 0.05) is 16.3 Å². The summed E-state index contributed by atoms with van der Waals surface area (Å²) in [6, 6.07) is 12.0. The Hall–Kier alpha value is -2.58. The standard InChI is InChI=1S/C21H22N4O2S2/c1-4-27-19(26)17-14(3)22-20-23-21(29-12-15-9-6-5-8-13(15)2)24-25(20)18(17)16-10-7-11-28-16/h5-11,18H,4,12H2,1-3H3,(H,22,23,24). The van der Waals surface area contributed by atoms with Crippen LogP contribution in [0.4, 0.5) is 5.95 Å². The van der Waals surface area contributed by atoms with Gasteiger partial charge in [0.25, 0.3) is 0 Å². The van der Waals surface area contributed by atoms with Crippen LogP contribution in [0.3, 0.4) is 0 Å². The first-order chi connectivity index (χ1) is 14.1. The van der Waals surface area contributed by atoms with E-state index in [4.69, 9.17) is 9.84 Å². The maximum atomic E-state index is 12.7. The molecule has 0 amide bonds. The summed E-state index contributed by atoms with van der Waals surface area (Å²) in [5.41, 5.74) is 3.83. The lowest BCUT2D eigenvalue weighted by molar-refractivity contribution is -0.139. The largest absolute Gasteiger partial charge is 0.463 e. The molecule has 4 rings (SSSR count). The van der Waals surface area contributed by atoms with Gasteiger partial charge < -0.3 is 10.1 Å². The molecule has 6 nitrogen and oxygen atoms in total. The highest BCUT2D eigenvalue weighted by atomic mass is 32.2. The molecule has 3 aromatic rings. The average molecular weight is 427 g/mol. The molecule has 3 heterocycles. The number of hydrogen-bond acceptors (Lipinski definition) is 7. The second-order valence-corrected chi connectivity index (χ2v) is 8.60. The number of anilines is 1. The van der Waals surface area contributed by atoms with Crippen LogP contribution in [0, 0.1) is 6.92 Å². The molecule has 1 atom stereocenters. The molecule has 8 heteroatoms. The number of aromatic nitrogens is 3. The number of ether oxygens (including phenoxy) is 1. The molecule has 150 valence electrons. The van der Waals surface area contributed by atoms with E-state index in [1.54, 1.807) is 27.8 Å². The lowest BCUT2D eigenvalue weighted by atomic mass is 10.0. The van der Waals surface area contributed by atoms with Crippen molar-refractivity contribution in [2.75, 3.05) is 11.9 Å². The molecule has 1 aliphatic rings. The summed E-state index contributed by atoms with van der Waals surface area (Å²) in [5.74, 6) is 1.10. The minimum absolute atomic E-state index is 0.328. The summed E-state index contributed by atoms with van der Waals surface area (Å²) in [4.78, 5) is 18.4. The smallest absolute Gasteiger partial charge is 0.338 e. The van der Waals surface area contributed by atoms with Crippen molar-refractivity contribution >= 4 is 35.0 Å². The summed E-state index contributed by atoms with van der Waals surface area (Å²) in [6.07, 6.45) is 0. The lowest BCUT2D eigenvalue weighted by Gasteiger charge is -2.26. The van der Waals surface area contributed by atoms with Crippen molar-refractivity contribution in [1.82, 2.24) is 14.8 Å². The number of carbonyl (C=O) groups is 1. The average Bonchev–Trinajstić information content (AvgIpc) is 3.36. The molecule has 0 saturated carbocycles. The van der Waals surface area contributed by atoms with Gasteiger partial charge in [-0.1, -0.05) is 42.1 Å². The third kappa shape index (κ3) is 3.95. The van der Waals surface area contributed by atoms with Crippen LogP contribution in [-0.4, -0.2) is 27.3 Å². The monoisotopic (exact) mass is 426 g/mol. The SMILES string of the molecule is CCOC(=O)C1=C(C)Nc2nc(SCc3ccccc3C)nn2C1c1cccs1. The number of thioether (sulfide) groups is 1. The molecular formula is C21H22N4O2S2. The van der Waals surface area contributed by atoms with E-state index in [-0.39, 0.29) is 12.0 Å². The van der Waals surface area contributed by atoms with Gasteiger partial charge in [-0.25, -0.2) is 9.48 Å². The molecular weight excluding hydrogens is 404 g/mol. The Balaban J connectivity index is 1.66. The van der Waals surface area contributed by atoms with E-state index < -0.39 is 0 Å². The molecule has 0 saturated heterocycles. The summed E-state index contributed by atoms with van der Waals surface area (Å²) in [7, 11) is 0. The van der Waals surface area contributed by atoms with Gasteiger partial charge in [0.05, 0.1) is 12.2 Å². The zero-order chi connectivity index (χ0) is 20.4. The summed E-state index contributed by atoms with van der Waals surface area (Å²) >= 11 is 3.18. The molecule has 0 bridgehead atoms. The molecule has 29 heavy (non-hydrogen) atoms. The molecule has 0 radical (unpaired) electrons. The number of benzene rings is 1. The van der Waals surface area contributed by atoms with Gasteiger partial charge in [-0.05, 0) is 43.3 Å². The van der Waals surface area contributed by atoms with Crippen LogP contribution in [0.25, 0.3) is 0 Å². The predicted octanol–water partition coefficient (Wildman–Crippen LogP) is 4.79. The van der Waals surface area contributed by atoms with Gasteiger partial charge in [-0.3, -0.25) is 0 Å². The molecule has 0 spiro atoms. The fourth-order valence-electron chi connectivity index (χ4n) is 3.29. The second-order valence-electron chi connectivity index (χ2n) is 6.68. The summed E-state index contributed by atoms with van der Waals surface area (Å²) < 4.78 is 7.12. The fourth-order valence-corrected chi connectivity index (χ4v) is 5.01. The Bertz CT molecular complexity index is 1060. The van der Waals surface area contributed by atoms with Crippen LogP contribution in [0.5, 0.6) is 0 Å². The van der Waals surface area contributed by atoms with Crippen molar-refractivity contribution in [3.05, 3.63) is 69.1 Å². The van der Waals surface area contributed by atoms with E-state index in [1.807, 2.05) is 43.5 Å². The van der Waals surface area contributed by atoms with Crippen LogP contribution < -0.4 is 5.32 Å². The number of hydrogen-bond donors (Lipinski definition) is 1. The van der Waals surface area contributed by atoms with Gasteiger partial charge >= 0.3 is 5.97 Å². The first-order valence-corrected chi connectivity index (χ1v) is 11.3. The van der Waals surface area contributed by atoms with E-state index in [2.05, 4.69) is 29.4 Å². The van der Waals surface area contributed by atoms with Crippen LogP contribution in [0.15, 0.2) is 58.2 Å². The molecule has 1 aromatic carbocycles. The van der Waals surface area contributed by atoms with Crippen LogP contribution >= 0.6 is 23.1 Å². The first kappa shape index (κ1) is 19.7. The lowest BCUT2D eigenvalue weighted by Crippen LogP contribution is -2.29. The molecule has 1 aliphatic heterocycles. The van der Waals surface area contributed by atoms with E-state index in [0.29, 0.717) is 23.3 Å². The predicted molar refractivity (Wildman–Crippen MR) is 116 cm³/mol. The number of allylic oxidation sites excluding steroid dienone is 1. The third-order valence-electron chi connectivity index (χ3n) is 4.76. The first-order valence-electron chi connectivity index (χ1n) is 9.40. The van der Waals surface area contributed by atoms with E-state index >= 15 is 0 Å². The van der Waals surface area contributed by atoms with Crippen molar-refractivity contribution in [2.45, 2.75) is 37.7 Å². The normalized spacial score (nSPS) is 15.8. The van der Waals surface area contributed by atoms with Crippen molar-refractivity contribution in [1.29, 1.82) is 0 Å². The van der Waals surface area contributed by atoms with Crippen molar-refractivity contribution in [2.24, 2.45) is 0 Å². The number of rotatable bonds is 6. The van der Waals surface area contributed by atoms with Gasteiger partial charge in [0.2, 0.25) is 11.1 Å². The van der Waals surface area contributed by atoms with Gasteiger partial charge in [0.15, 0.2) is 0 Å². The number of fused-ring (bicyclic) bond motifs is 1. The Labute approximate surface area is 178 Å². The molecule has 2 aromatic heterocycles. The number of nitrogens with zero attached hydrogens (tertiary/aromatic N) is 3. The number of aryl methyl sites for hydroxylation is 1. The van der Waals surface area contributed by atoms with Crippen LogP contribution in [-0.2, 0) is 15.3 Å². The molecule has 0 fully saturated rings. The van der Waals surface area contributed by atoms with Gasteiger partial charge in [-0.15, -0.1) is 16.4 Å². The number of carbonyl (C=O) groups excluding carboxylic acids is 1. The number of thiophene rings is 1. The highest BCUT2D eigenvalue weighted by Gasteiger charge is 2.35. The van der Waals surface area contributed by atoms with E-state index in [1.165, 1.54) is 11.1 Å². The molecule has 1 N–H and O–H groups in total. The number of esters is 1. The fraction of sp³-hybridized carbons (Fsp3) is 0.286. The van der Waals surface area contributed by atoms with E-state index in [9.17, 15) is 4.79 Å². The third-order valence-corrected chi connectivity index (χ3v) is 6.57. The van der Waals surface area contributed by atoms with Crippen LogP contribution in [0.2, 0.25) is 0 Å². The van der Waals surface area contributed by atoms with Gasteiger partial charge in [0.1, 0.15) is 6.04 Å². The Morgan fingerprint density at radius 3 is 2.83 bits per heavy atom. The zero-order valence-corrected chi connectivity index (χ0v) is 18.1. The molecule has 0 aliphatic carbocycles. The van der Waals surface area contributed by atoms with Crippen molar-refractivity contribution in [3.8, 4) is 0 Å². The Morgan fingerprint density at radius 1 is 1.28 bits per heavy atom. The van der Waals surface area contributed by atoms with Crippen molar-refractivity contribution in [3.63, 3.8) is 0 Å². The second kappa shape index (κ2) is 8.42. The van der Waals surface area contributed by atoms with Crippen LogP contribution in [0.1, 0.15) is 35.9 Å². The minimum Gasteiger partial charge on any atom is -0.463 e. The van der Waals surface area contributed by atoms with Gasteiger partial charge in [-0.2, -0.15) is 4.98 Å². The topological polar surface area (TPSA) is 69.0 Å². The zero-order valence-electron chi connectivity index (χ0n) is 16.5. The minimum atomic E-state index is -0.342. The van der Waals surface area contributed by atoms with Crippen molar-refractivity contribution < 1.29 is 9.53 Å². The summed E-state index contributed by atoms with van der Waals surface area (Å²) in [5, 5.41) is 10.6. The highest BCUT2D eigenvalue weighted by molar-refractivity contribution is 7.98. The Morgan fingerprint density at radius 2 is 2.10 bits per heavy atom. The highest BCUT2D eigenvalue weighted by Crippen LogP contribution is 2.38. The number of nitrogens with one attached hydrogen (secondary N) is 1. The molecule has 1 unspecified atom stereocenters. The summed E-state index contributed by atoms with van der Waals surface area (Å²) in [6.45, 7) is 6.12. The maximum absolute atomic E-state index is 12.7. The quantitative estimate of drug-likeness (QED) is 0.451. The van der Waals surface area contributed by atoms with E-state index in [0.717, 1.165) is 16.3 Å².